The monoisotopic (exact) mass is 357 g/mol. The second-order valence-electron chi connectivity index (χ2n) is 9.86. The van der Waals surface area contributed by atoms with Crippen molar-refractivity contribution in [2.45, 2.75) is 71.7 Å². The normalized spacial score (nSPS) is 34.8. The first-order chi connectivity index (χ1) is 12.0. The highest BCUT2D eigenvalue weighted by Gasteiger charge is 2.67. The zero-order chi connectivity index (χ0) is 18.9. The summed E-state index contributed by atoms with van der Waals surface area (Å²) in [6, 6.07) is 3.40. The number of pyridine rings is 1. The molecular weight excluding hydrogens is 329 g/mol. The highest BCUT2D eigenvalue weighted by Crippen LogP contribution is 2.64. The lowest BCUT2D eigenvalue weighted by Crippen LogP contribution is -2.63. The van der Waals surface area contributed by atoms with Crippen LogP contribution in [0.3, 0.4) is 0 Å². The van der Waals surface area contributed by atoms with Crippen molar-refractivity contribution in [1.29, 1.82) is 0 Å². The van der Waals surface area contributed by atoms with Crippen LogP contribution >= 0.6 is 0 Å². The van der Waals surface area contributed by atoms with Crippen molar-refractivity contribution < 1.29 is 18.8 Å². The van der Waals surface area contributed by atoms with Gasteiger partial charge in [-0.25, -0.2) is 4.79 Å². The van der Waals surface area contributed by atoms with Gasteiger partial charge < -0.3 is 14.0 Å². The molecule has 0 spiro atoms. The molecule has 1 aromatic rings. The first kappa shape index (κ1) is 18.0. The summed E-state index contributed by atoms with van der Waals surface area (Å²) in [5.74, 6) is 0.855. The van der Waals surface area contributed by atoms with Crippen LogP contribution in [0.15, 0.2) is 18.3 Å². The molecule has 1 unspecified atom stereocenters. The molecule has 3 saturated carbocycles. The lowest BCUT2D eigenvalue weighted by molar-refractivity contribution is -0.185. The predicted molar refractivity (Wildman–Crippen MR) is 99.2 cm³/mol. The maximum Gasteiger partial charge on any atom is 0.514 e. The molecule has 4 fully saturated rings. The van der Waals surface area contributed by atoms with Crippen LogP contribution in [0.4, 0.5) is 0 Å². The number of rotatable bonds is 2. The Morgan fingerprint density at radius 3 is 2.73 bits per heavy atom. The molecule has 6 heteroatoms. The summed E-state index contributed by atoms with van der Waals surface area (Å²) in [5.41, 5.74) is 0.627. The molecule has 3 aliphatic carbocycles. The van der Waals surface area contributed by atoms with Gasteiger partial charge in [-0.3, -0.25) is 4.98 Å². The van der Waals surface area contributed by atoms with E-state index in [9.17, 15) is 4.79 Å². The lowest BCUT2D eigenvalue weighted by atomic mass is 9.45. The summed E-state index contributed by atoms with van der Waals surface area (Å²) < 4.78 is 18.1. The second-order valence-corrected chi connectivity index (χ2v) is 9.86. The molecule has 4 aliphatic rings. The first-order valence-corrected chi connectivity index (χ1v) is 9.52. The van der Waals surface area contributed by atoms with Gasteiger partial charge in [0.1, 0.15) is 5.60 Å². The van der Waals surface area contributed by atoms with Crippen LogP contribution < -0.4 is 5.59 Å². The third-order valence-corrected chi connectivity index (χ3v) is 6.47. The molecule has 1 aromatic heterocycles. The fourth-order valence-electron chi connectivity index (χ4n) is 4.88. The van der Waals surface area contributed by atoms with Gasteiger partial charge in [-0.2, -0.15) is 0 Å². The lowest BCUT2D eigenvalue weighted by Gasteiger charge is -2.63. The Kier molecular flexibility index (Phi) is 3.84. The Morgan fingerprint density at radius 1 is 1.35 bits per heavy atom. The molecule has 2 heterocycles. The third-order valence-electron chi connectivity index (χ3n) is 6.47. The van der Waals surface area contributed by atoms with Crippen molar-refractivity contribution in [2.75, 3.05) is 0 Å². The average molecular weight is 357 g/mol. The SMILES string of the molecule is CC(C)(C)OC(=O)c1ccnc(B2OC3[C@@H]4C[C@H](C[C@]3(C)O2)C4(C)C)c1. The van der Waals surface area contributed by atoms with Crippen LogP contribution in [0.5, 0.6) is 0 Å². The highest BCUT2D eigenvalue weighted by molar-refractivity contribution is 6.61. The summed E-state index contributed by atoms with van der Waals surface area (Å²) >= 11 is 0. The third kappa shape index (κ3) is 2.78. The van der Waals surface area contributed by atoms with E-state index in [0.29, 0.717) is 28.4 Å². The van der Waals surface area contributed by atoms with Crippen LogP contribution in [0.1, 0.15) is 64.7 Å². The van der Waals surface area contributed by atoms with Gasteiger partial charge in [-0.15, -0.1) is 0 Å². The van der Waals surface area contributed by atoms with Crippen molar-refractivity contribution in [1.82, 2.24) is 4.98 Å². The van der Waals surface area contributed by atoms with E-state index in [-0.39, 0.29) is 17.7 Å². The van der Waals surface area contributed by atoms with Crippen molar-refractivity contribution in [3.63, 3.8) is 0 Å². The Morgan fingerprint density at radius 2 is 2.08 bits per heavy atom. The number of esters is 1. The topological polar surface area (TPSA) is 57.7 Å². The van der Waals surface area contributed by atoms with E-state index in [1.165, 1.54) is 6.42 Å². The van der Waals surface area contributed by atoms with Crippen molar-refractivity contribution >= 4 is 18.7 Å². The van der Waals surface area contributed by atoms with Crippen molar-refractivity contribution in [3.05, 3.63) is 23.9 Å². The van der Waals surface area contributed by atoms with Gasteiger partial charge in [0.05, 0.1) is 22.9 Å². The largest absolute Gasteiger partial charge is 0.514 e. The Balaban J connectivity index is 1.55. The predicted octanol–water partition coefficient (Wildman–Crippen LogP) is 2.97. The molecule has 2 bridgehead atoms. The summed E-state index contributed by atoms with van der Waals surface area (Å²) in [4.78, 5) is 16.8. The minimum absolute atomic E-state index is 0.0829. The van der Waals surface area contributed by atoms with Gasteiger partial charge in [0.25, 0.3) is 0 Å². The second kappa shape index (κ2) is 5.55. The first-order valence-electron chi connectivity index (χ1n) is 9.52. The minimum atomic E-state index is -0.532. The van der Waals surface area contributed by atoms with Gasteiger partial charge in [-0.1, -0.05) is 13.8 Å². The number of carbonyl (C=O) groups is 1. The van der Waals surface area contributed by atoms with Crippen LogP contribution in [0, 0.1) is 17.3 Å². The fourth-order valence-corrected chi connectivity index (χ4v) is 4.88. The quantitative estimate of drug-likeness (QED) is 0.602. The van der Waals surface area contributed by atoms with Crippen LogP contribution in [0.25, 0.3) is 0 Å². The highest BCUT2D eigenvalue weighted by atomic mass is 16.7. The standard InChI is InChI=1S/C20H28BNO4/c1-18(2,3)24-17(23)12-7-8-22-15(9-12)21-25-16-14-10-13(19(14,4)5)11-20(16,6)26-21/h7-9,13-14,16H,10-11H2,1-6H3/t13-,14+,16?,20+/m1/s1. The molecule has 0 amide bonds. The molecule has 4 atom stereocenters. The number of ether oxygens (including phenoxy) is 1. The van der Waals surface area contributed by atoms with Gasteiger partial charge in [0.15, 0.2) is 0 Å². The van der Waals surface area contributed by atoms with Crippen LogP contribution in [-0.4, -0.2) is 35.4 Å². The van der Waals surface area contributed by atoms with E-state index in [0.717, 1.165) is 6.42 Å². The number of nitrogens with zero attached hydrogens (tertiary/aromatic N) is 1. The molecule has 5 rings (SSSR count). The molecule has 1 saturated heterocycles. The van der Waals surface area contributed by atoms with Gasteiger partial charge in [-0.05, 0) is 69.9 Å². The maximum atomic E-state index is 12.4. The van der Waals surface area contributed by atoms with Crippen LogP contribution in [-0.2, 0) is 14.0 Å². The smallest absolute Gasteiger partial charge is 0.456 e. The zero-order valence-electron chi connectivity index (χ0n) is 16.5. The summed E-state index contributed by atoms with van der Waals surface area (Å²) in [6.45, 7) is 12.4. The van der Waals surface area contributed by atoms with Crippen molar-refractivity contribution in [2.24, 2.45) is 17.3 Å². The van der Waals surface area contributed by atoms with E-state index in [1.54, 1.807) is 18.3 Å². The average Bonchev–Trinajstić information content (AvgIpc) is 2.90. The number of carbonyl (C=O) groups excluding carboxylic acids is 1. The molecule has 0 N–H and O–H groups in total. The number of hydrogen-bond acceptors (Lipinski definition) is 5. The fraction of sp³-hybridized carbons (Fsp3) is 0.700. The molecule has 1 aliphatic heterocycles. The Bertz CT molecular complexity index is 744. The zero-order valence-corrected chi connectivity index (χ0v) is 16.5. The molecule has 5 nitrogen and oxygen atoms in total. The van der Waals surface area contributed by atoms with E-state index < -0.39 is 12.7 Å². The number of aromatic nitrogens is 1. The van der Waals surface area contributed by atoms with Gasteiger partial charge in [0.2, 0.25) is 0 Å². The van der Waals surface area contributed by atoms with Crippen LogP contribution in [0.2, 0.25) is 0 Å². The van der Waals surface area contributed by atoms with Gasteiger partial charge >= 0.3 is 13.1 Å². The summed E-state index contributed by atoms with van der Waals surface area (Å²) in [5, 5.41) is 0. The maximum absolute atomic E-state index is 12.4. The number of hydrogen-bond donors (Lipinski definition) is 0. The molecule has 140 valence electrons. The van der Waals surface area contributed by atoms with Gasteiger partial charge in [0, 0.05) is 6.20 Å². The molecule has 0 radical (unpaired) electrons. The van der Waals surface area contributed by atoms with E-state index in [1.807, 2.05) is 20.8 Å². The van der Waals surface area contributed by atoms with Crippen molar-refractivity contribution in [3.8, 4) is 0 Å². The molecular formula is C20H28BNO4. The van der Waals surface area contributed by atoms with E-state index >= 15 is 0 Å². The Labute approximate surface area is 156 Å². The summed E-state index contributed by atoms with van der Waals surface area (Å²) in [7, 11) is -0.525. The van der Waals surface area contributed by atoms with E-state index in [4.69, 9.17) is 14.0 Å². The van der Waals surface area contributed by atoms with E-state index in [2.05, 4.69) is 25.8 Å². The molecule has 26 heavy (non-hydrogen) atoms. The minimum Gasteiger partial charge on any atom is -0.456 e. The Hall–Kier alpha value is -1.40. The summed E-state index contributed by atoms with van der Waals surface area (Å²) in [6.07, 6.45) is 3.94. The molecule has 0 aromatic carbocycles.